The van der Waals surface area contributed by atoms with Crippen LogP contribution >= 0.6 is 0 Å². The number of carbonyl (C=O) groups excluding carboxylic acids is 1. The van der Waals surface area contributed by atoms with Gasteiger partial charge in [-0.1, -0.05) is 20.8 Å². The number of hydrogen-bond donors (Lipinski definition) is 2. The summed E-state index contributed by atoms with van der Waals surface area (Å²) in [6.45, 7) is 6.34. The van der Waals surface area contributed by atoms with Crippen LogP contribution in [0.2, 0.25) is 0 Å². The fourth-order valence-corrected chi connectivity index (χ4v) is 3.61. The van der Waals surface area contributed by atoms with E-state index in [0.29, 0.717) is 38.0 Å². The molecule has 1 unspecified atom stereocenters. The molecule has 0 saturated carbocycles. The first kappa shape index (κ1) is 19.8. The van der Waals surface area contributed by atoms with Crippen molar-refractivity contribution >= 4 is 22.9 Å². The highest BCUT2D eigenvalue weighted by molar-refractivity contribution is 6.06. The molecular formula is C19H24N4O5. The largest absolute Gasteiger partial charge is 0.480 e. The van der Waals surface area contributed by atoms with Crippen molar-refractivity contribution < 1.29 is 14.7 Å². The summed E-state index contributed by atoms with van der Waals surface area (Å²) in [5, 5.41) is 9.45. The van der Waals surface area contributed by atoms with E-state index in [4.69, 9.17) is 0 Å². The topological polar surface area (TPSA) is 125 Å². The molecule has 2 N–H and O–H groups in total. The second kappa shape index (κ2) is 7.57. The van der Waals surface area contributed by atoms with Crippen molar-refractivity contribution in [3.05, 3.63) is 38.2 Å². The van der Waals surface area contributed by atoms with Crippen LogP contribution in [0.25, 0.3) is 11.0 Å². The van der Waals surface area contributed by atoms with Crippen molar-refractivity contribution in [3.8, 4) is 0 Å². The van der Waals surface area contributed by atoms with E-state index < -0.39 is 29.2 Å². The minimum absolute atomic E-state index is 0.0264. The van der Waals surface area contributed by atoms with Gasteiger partial charge in [0.25, 0.3) is 11.5 Å². The number of fused-ring (bicyclic) bond motifs is 1. The Bertz CT molecular complexity index is 1050. The van der Waals surface area contributed by atoms with E-state index in [1.54, 1.807) is 6.07 Å². The van der Waals surface area contributed by atoms with Crippen molar-refractivity contribution in [1.82, 2.24) is 19.4 Å². The molecule has 1 atom stereocenters. The lowest BCUT2D eigenvalue weighted by Crippen LogP contribution is -2.41. The smallest absolute Gasteiger partial charge is 0.329 e. The molecule has 28 heavy (non-hydrogen) atoms. The number of carbonyl (C=O) groups is 2. The summed E-state index contributed by atoms with van der Waals surface area (Å²) in [4.78, 5) is 57.7. The molecule has 0 bridgehead atoms. The summed E-state index contributed by atoms with van der Waals surface area (Å²) in [6, 6.07) is 0.626. The second-order valence-corrected chi connectivity index (χ2v) is 7.35. The fourth-order valence-electron chi connectivity index (χ4n) is 3.61. The zero-order valence-corrected chi connectivity index (χ0v) is 16.2. The molecule has 9 nitrogen and oxygen atoms in total. The van der Waals surface area contributed by atoms with Crippen LogP contribution < -0.4 is 11.2 Å². The van der Waals surface area contributed by atoms with Crippen molar-refractivity contribution in [2.75, 3.05) is 6.54 Å². The maximum atomic E-state index is 13.3. The number of hydrogen-bond acceptors (Lipinski definition) is 5. The van der Waals surface area contributed by atoms with Gasteiger partial charge in [0, 0.05) is 18.8 Å². The van der Waals surface area contributed by atoms with Gasteiger partial charge in [-0.05, 0) is 31.2 Å². The van der Waals surface area contributed by atoms with Crippen LogP contribution in [-0.4, -0.2) is 49.0 Å². The van der Waals surface area contributed by atoms with Gasteiger partial charge in [0.05, 0.1) is 10.9 Å². The average molecular weight is 388 g/mol. The van der Waals surface area contributed by atoms with Crippen LogP contribution in [0.1, 0.15) is 62.0 Å². The summed E-state index contributed by atoms with van der Waals surface area (Å²) in [5.41, 5.74) is -0.443. The highest BCUT2D eigenvalue weighted by Gasteiger charge is 2.36. The molecule has 1 aliphatic heterocycles. The standard InChI is InChI=1S/C19H24N4O5/c1-4-7-23-15-14(16(24)21-19(23)28)11(9-12(20-15)10(2)3)17(25)22-8-5-6-13(22)18(26)27/h9-10,13H,4-8H2,1-3H3,(H,26,27)(H,21,24,28). The number of H-pyrrole nitrogens is 1. The summed E-state index contributed by atoms with van der Waals surface area (Å²) in [6.07, 6.45) is 1.60. The maximum absolute atomic E-state index is 13.3. The van der Waals surface area contributed by atoms with Crippen LogP contribution in [-0.2, 0) is 11.3 Å². The van der Waals surface area contributed by atoms with Gasteiger partial charge in [0.2, 0.25) is 0 Å². The molecule has 0 aromatic carbocycles. The number of likely N-dealkylation sites (tertiary alicyclic amines) is 1. The molecule has 1 saturated heterocycles. The lowest BCUT2D eigenvalue weighted by Gasteiger charge is -2.23. The van der Waals surface area contributed by atoms with Gasteiger partial charge in [-0.25, -0.2) is 14.6 Å². The number of aromatic amines is 1. The van der Waals surface area contributed by atoms with Crippen LogP contribution in [0.4, 0.5) is 0 Å². The molecule has 0 radical (unpaired) electrons. The van der Waals surface area contributed by atoms with E-state index >= 15 is 0 Å². The normalized spacial score (nSPS) is 16.9. The van der Waals surface area contributed by atoms with Gasteiger partial charge in [-0.3, -0.25) is 19.1 Å². The lowest BCUT2D eigenvalue weighted by molar-refractivity contribution is -0.141. The number of aryl methyl sites for hydroxylation is 1. The maximum Gasteiger partial charge on any atom is 0.329 e. The molecule has 0 aliphatic carbocycles. The molecule has 9 heteroatoms. The Morgan fingerprint density at radius 2 is 2.07 bits per heavy atom. The highest BCUT2D eigenvalue weighted by Crippen LogP contribution is 2.25. The highest BCUT2D eigenvalue weighted by atomic mass is 16.4. The molecule has 2 aromatic heterocycles. The second-order valence-electron chi connectivity index (χ2n) is 7.35. The van der Waals surface area contributed by atoms with Gasteiger partial charge < -0.3 is 10.0 Å². The van der Waals surface area contributed by atoms with E-state index in [-0.39, 0.29) is 22.5 Å². The Hall–Kier alpha value is -2.97. The number of carboxylic acids is 1. The molecule has 1 amide bonds. The van der Waals surface area contributed by atoms with Gasteiger partial charge in [-0.2, -0.15) is 0 Å². The van der Waals surface area contributed by atoms with Gasteiger partial charge in [0.15, 0.2) is 5.65 Å². The minimum atomic E-state index is -1.06. The predicted molar refractivity (Wildman–Crippen MR) is 103 cm³/mol. The zero-order valence-electron chi connectivity index (χ0n) is 16.2. The number of amides is 1. The summed E-state index contributed by atoms with van der Waals surface area (Å²) in [5.74, 6) is -1.63. The molecule has 1 aliphatic rings. The van der Waals surface area contributed by atoms with E-state index in [1.165, 1.54) is 9.47 Å². The van der Waals surface area contributed by atoms with Gasteiger partial charge in [-0.15, -0.1) is 0 Å². The monoisotopic (exact) mass is 388 g/mol. The number of aliphatic carboxylic acids is 1. The molecule has 3 rings (SSSR count). The molecule has 0 spiro atoms. The van der Waals surface area contributed by atoms with Crippen LogP contribution in [0.15, 0.2) is 15.7 Å². The van der Waals surface area contributed by atoms with E-state index in [0.717, 1.165) is 0 Å². The molecule has 2 aromatic rings. The number of nitrogens with zero attached hydrogens (tertiary/aromatic N) is 3. The van der Waals surface area contributed by atoms with Gasteiger partial charge >= 0.3 is 11.7 Å². The zero-order chi connectivity index (χ0) is 20.6. The first-order chi connectivity index (χ1) is 13.3. The van der Waals surface area contributed by atoms with Crippen LogP contribution in [0, 0.1) is 0 Å². The Balaban J connectivity index is 2.31. The quantitative estimate of drug-likeness (QED) is 0.795. The number of rotatable bonds is 5. The van der Waals surface area contributed by atoms with Crippen LogP contribution in [0.5, 0.6) is 0 Å². The van der Waals surface area contributed by atoms with Crippen LogP contribution in [0.3, 0.4) is 0 Å². The minimum Gasteiger partial charge on any atom is -0.480 e. The van der Waals surface area contributed by atoms with Crippen molar-refractivity contribution in [3.63, 3.8) is 0 Å². The molecular weight excluding hydrogens is 364 g/mol. The Morgan fingerprint density at radius 1 is 1.36 bits per heavy atom. The average Bonchev–Trinajstić information content (AvgIpc) is 3.13. The van der Waals surface area contributed by atoms with Crippen molar-refractivity contribution in [1.29, 1.82) is 0 Å². The molecule has 150 valence electrons. The third kappa shape index (κ3) is 3.32. The first-order valence-corrected chi connectivity index (χ1v) is 9.47. The third-order valence-electron chi connectivity index (χ3n) is 5.04. The lowest BCUT2D eigenvalue weighted by atomic mass is 10.0. The predicted octanol–water partition coefficient (Wildman–Crippen LogP) is 1.31. The number of carboxylic acid groups (broad SMARTS) is 1. The summed E-state index contributed by atoms with van der Waals surface area (Å²) < 4.78 is 1.36. The fraction of sp³-hybridized carbons (Fsp3) is 0.526. The van der Waals surface area contributed by atoms with Crippen molar-refractivity contribution in [2.24, 2.45) is 0 Å². The third-order valence-corrected chi connectivity index (χ3v) is 5.04. The first-order valence-electron chi connectivity index (χ1n) is 9.47. The molecule has 1 fully saturated rings. The SMILES string of the molecule is CCCn1c(=O)[nH]c(=O)c2c(C(=O)N3CCCC3C(=O)O)cc(C(C)C)nc21. The van der Waals surface area contributed by atoms with Gasteiger partial charge in [0.1, 0.15) is 6.04 Å². The molecule has 3 heterocycles. The number of aromatic nitrogens is 3. The number of nitrogens with one attached hydrogen (secondary N) is 1. The Kier molecular flexibility index (Phi) is 5.35. The Morgan fingerprint density at radius 3 is 2.68 bits per heavy atom. The van der Waals surface area contributed by atoms with E-state index in [1.807, 2.05) is 20.8 Å². The Labute approximate surface area is 161 Å². The van der Waals surface area contributed by atoms with Crippen molar-refractivity contribution in [2.45, 2.75) is 58.5 Å². The number of pyridine rings is 1. The van der Waals surface area contributed by atoms with E-state index in [9.17, 15) is 24.3 Å². The summed E-state index contributed by atoms with van der Waals surface area (Å²) >= 11 is 0. The van der Waals surface area contributed by atoms with E-state index in [2.05, 4.69) is 9.97 Å². The summed E-state index contributed by atoms with van der Waals surface area (Å²) in [7, 11) is 0.